The van der Waals surface area contributed by atoms with Gasteiger partial charge < -0.3 is 10.4 Å². The molecule has 0 unspecified atom stereocenters. The van der Waals surface area contributed by atoms with E-state index in [-0.39, 0.29) is 10.8 Å². The molecule has 2 rings (SSSR count). The summed E-state index contributed by atoms with van der Waals surface area (Å²) in [4.78, 5) is 31.5. The summed E-state index contributed by atoms with van der Waals surface area (Å²) in [6, 6.07) is 0. The van der Waals surface area contributed by atoms with E-state index >= 15 is 0 Å². The fraction of sp³-hybridized carbons (Fsp3) is 0.571. The van der Waals surface area contributed by atoms with Gasteiger partial charge in [-0.1, -0.05) is 24.9 Å². The molecule has 6 nitrogen and oxygen atoms in total. The number of carbonyl (C=O) groups excluding carboxylic acids is 1. The van der Waals surface area contributed by atoms with Crippen LogP contribution in [0.5, 0.6) is 0 Å². The minimum atomic E-state index is -1.22. The summed E-state index contributed by atoms with van der Waals surface area (Å²) >= 11 is 5.70. The van der Waals surface area contributed by atoms with Crippen molar-refractivity contribution in [1.29, 1.82) is 0 Å². The van der Waals surface area contributed by atoms with E-state index in [0.29, 0.717) is 18.8 Å². The number of carboxylic acid groups (broad SMARTS) is 1. The second-order valence-electron chi connectivity index (χ2n) is 5.42. The number of amides is 1. The molecule has 1 heterocycles. The van der Waals surface area contributed by atoms with Crippen molar-refractivity contribution in [2.75, 3.05) is 0 Å². The molecule has 0 aliphatic heterocycles. The lowest BCUT2D eigenvalue weighted by atomic mass is 9.75. The molecule has 0 spiro atoms. The Bertz CT molecular complexity index is 542. The van der Waals surface area contributed by atoms with E-state index < -0.39 is 17.4 Å². The Morgan fingerprint density at radius 2 is 2.10 bits per heavy atom. The molecule has 0 radical (unpaired) electrons. The van der Waals surface area contributed by atoms with E-state index in [4.69, 9.17) is 11.6 Å². The van der Waals surface area contributed by atoms with E-state index in [0.717, 1.165) is 19.3 Å². The van der Waals surface area contributed by atoms with Crippen LogP contribution in [0.3, 0.4) is 0 Å². The number of aromatic nitrogens is 2. The van der Waals surface area contributed by atoms with Crippen LogP contribution in [0.2, 0.25) is 5.15 Å². The fourth-order valence-electron chi connectivity index (χ4n) is 2.70. The Morgan fingerprint density at radius 3 is 2.62 bits per heavy atom. The molecule has 1 fully saturated rings. The zero-order valence-electron chi connectivity index (χ0n) is 11.8. The number of carboxylic acids is 1. The van der Waals surface area contributed by atoms with Crippen molar-refractivity contribution in [2.24, 2.45) is 5.92 Å². The van der Waals surface area contributed by atoms with Crippen molar-refractivity contribution in [2.45, 2.75) is 44.6 Å². The second kappa shape index (κ2) is 6.39. The van der Waals surface area contributed by atoms with Crippen LogP contribution in [0.1, 0.15) is 49.5 Å². The maximum absolute atomic E-state index is 12.2. The number of nitrogens with one attached hydrogen (secondary N) is 1. The standard InChI is InChI=1S/C14H18ClN3O3/c1-2-9-3-5-14(6-4-9,13(20)21)18-12(19)10-7-16-8-11(15)17-10/h7-9H,2-6H2,1H3,(H,18,19)(H,20,21). The molecular formula is C14H18ClN3O3. The van der Waals surface area contributed by atoms with E-state index in [9.17, 15) is 14.7 Å². The van der Waals surface area contributed by atoms with Gasteiger partial charge in [-0.2, -0.15) is 0 Å². The van der Waals surface area contributed by atoms with E-state index in [2.05, 4.69) is 22.2 Å². The van der Waals surface area contributed by atoms with Gasteiger partial charge in [0.15, 0.2) is 0 Å². The molecule has 1 aliphatic carbocycles. The predicted molar refractivity (Wildman–Crippen MR) is 77.1 cm³/mol. The lowest BCUT2D eigenvalue weighted by Gasteiger charge is -2.37. The van der Waals surface area contributed by atoms with Crippen LogP contribution in [0.15, 0.2) is 12.4 Å². The number of nitrogens with zero attached hydrogens (tertiary/aromatic N) is 2. The largest absolute Gasteiger partial charge is 0.480 e. The van der Waals surface area contributed by atoms with Gasteiger partial charge in [0.05, 0.1) is 12.4 Å². The Balaban J connectivity index is 2.14. The van der Waals surface area contributed by atoms with Crippen LogP contribution in [0.25, 0.3) is 0 Å². The molecular weight excluding hydrogens is 294 g/mol. The Morgan fingerprint density at radius 1 is 1.43 bits per heavy atom. The lowest BCUT2D eigenvalue weighted by Crippen LogP contribution is -2.56. The van der Waals surface area contributed by atoms with Crippen molar-refractivity contribution in [3.8, 4) is 0 Å². The van der Waals surface area contributed by atoms with Crippen LogP contribution in [-0.4, -0.2) is 32.5 Å². The first-order chi connectivity index (χ1) is 9.97. The van der Waals surface area contributed by atoms with Crippen molar-refractivity contribution < 1.29 is 14.7 Å². The first kappa shape index (κ1) is 15.7. The summed E-state index contributed by atoms with van der Waals surface area (Å²) in [5.74, 6) is -1.02. The Hall–Kier alpha value is -1.69. The highest BCUT2D eigenvalue weighted by Crippen LogP contribution is 2.34. The van der Waals surface area contributed by atoms with Gasteiger partial charge in [0.2, 0.25) is 0 Å². The highest BCUT2D eigenvalue weighted by Gasteiger charge is 2.43. The molecule has 1 aromatic heterocycles. The number of halogens is 1. The number of rotatable bonds is 4. The molecule has 2 N–H and O–H groups in total. The molecule has 7 heteroatoms. The van der Waals surface area contributed by atoms with E-state index in [1.807, 2.05) is 0 Å². The monoisotopic (exact) mass is 311 g/mol. The lowest BCUT2D eigenvalue weighted by molar-refractivity contribution is -0.146. The first-order valence-electron chi connectivity index (χ1n) is 7.00. The van der Waals surface area contributed by atoms with Crippen LogP contribution in [-0.2, 0) is 4.79 Å². The molecule has 0 saturated heterocycles. The maximum atomic E-state index is 12.2. The number of aliphatic carboxylic acids is 1. The predicted octanol–water partition coefficient (Wildman–Crippen LogP) is 2.28. The second-order valence-corrected chi connectivity index (χ2v) is 5.81. The SMILES string of the molecule is CCC1CCC(NC(=O)c2cncc(Cl)n2)(C(=O)O)CC1. The summed E-state index contributed by atoms with van der Waals surface area (Å²) in [5, 5.41) is 12.2. The number of hydrogen-bond acceptors (Lipinski definition) is 4. The van der Waals surface area contributed by atoms with Gasteiger partial charge in [0.1, 0.15) is 16.4 Å². The zero-order chi connectivity index (χ0) is 15.5. The van der Waals surface area contributed by atoms with E-state index in [1.54, 1.807) is 0 Å². The number of hydrogen-bond donors (Lipinski definition) is 2. The van der Waals surface area contributed by atoms with Crippen molar-refractivity contribution in [3.05, 3.63) is 23.2 Å². The molecule has 114 valence electrons. The smallest absolute Gasteiger partial charge is 0.329 e. The van der Waals surface area contributed by atoms with Gasteiger partial charge in [0.25, 0.3) is 5.91 Å². The highest BCUT2D eigenvalue weighted by molar-refractivity contribution is 6.29. The van der Waals surface area contributed by atoms with Gasteiger partial charge in [-0.05, 0) is 31.6 Å². The average Bonchev–Trinajstić information content (AvgIpc) is 2.47. The van der Waals surface area contributed by atoms with Gasteiger partial charge in [-0.25, -0.2) is 9.78 Å². The Labute approximate surface area is 127 Å². The quantitative estimate of drug-likeness (QED) is 0.890. The molecule has 1 amide bonds. The average molecular weight is 312 g/mol. The minimum absolute atomic E-state index is 0.0285. The third-order valence-corrected chi connectivity index (χ3v) is 4.32. The third kappa shape index (κ3) is 3.50. The van der Waals surface area contributed by atoms with E-state index in [1.165, 1.54) is 12.4 Å². The highest BCUT2D eigenvalue weighted by atomic mass is 35.5. The molecule has 21 heavy (non-hydrogen) atoms. The third-order valence-electron chi connectivity index (χ3n) is 4.14. The first-order valence-corrected chi connectivity index (χ1v) is 7.38. The van der Waals surface area contributed by atoms with Crippen LogP contribution in [0.4, 0.5) is 0 Å². The van der Waals surface area contributed by atoms with Gasteiger partial charge in [-0.15, -0.1) is 0 Å². The summed E-state index contributed by atoms with van der Waals surface area (Å²) in [6.45, 7) is 2.10. The molecule has 0 aromatic carbocycles. The van der Waals surface area contributed by atoms with Crippen molar-refractivity contribution in [3.63, 3.8) is 0 Å². The fourth-order valence-corrected chi connectivity index (χ4v) is 2.85. The summed E-state index contributed by atoms with van der Waals surface area (Å²) < 4.78 is 0. The zero-order valence-corrected chi connectivity index (χ0v) is 12.6. The maximum Gasteiger partial charge on any atom is 0.329 e. The molecule has 0 atom stereocenters. The molecule has 1 aliphatic rings. The summed E-state index contributed by atoms with van der Waals surface area (Å²) in [6.07, 6.45) is 6.07. The normalized spacial score (nSPS) is 25.3. The van der Waals surface area contributed by atoms with Crippen molar-refractivity contribution >= 4 is 23.5 Å². The minimum Gasteiger partial charge on any atom is -0.480 e. The van der Waals surface area contributed by atoms with Crippen LogP contribution >= 0.6 is 11.6 Å². The van der Waals surface area contributed by atoms with Crippen LogP contribution in [0, 0.1) is 5.92 Å². The molecule has 1 saturated carbocycles. The molecule has 0 bridgehead atoms. The van der Waals surface area contributed by atoms with Gasteiger partial charge >= 0.3 is 5.97 Å². The molecule has 1 aromatic rings. The van der Waals surface area contributed by atoms with Crippen LogP contribution < -0.4 is 5.32 Å². The number of carbonyl (C=O) groups is 2. The van der Waals surface area contributed by atoms with Gasteiger partial charge in [0, 0.05) is 0 Å². The summed E-state index contributed by atoms with van der Waals surface area (Å²) in [5.41, 5.74) is -1.19. The summed E-state index contributed by atoms with van der Waals surface area (Å²) in [7, 11) is 0. The van der Waals surface area contributed by atoms with Gasteiger partial charge in [-0.3, -0.25) is 9.78 Å². The Kier molecular flexibility index (Phi) is 4.77. The van der Waals surface area contributed by atoms with Crippen molar-refractivity contribution in [1.82, 2.24) is 15.3 Å². The topological polar surface area (TPSA) is 92.2 Å².